The van der Waals surface area contributed by atoms with Crippen molar-refractivity contribution in [3.8, 4) is 10.4 Å². The van der Waals surface area contributed by atoms with Crippen LogP contribution in [0.5, 0.6) is 0 Å². The van der Waals surface area contributed by atoms with E-state index in [1.165, 1.54) is 18.4 Å². The van der Waals surface area contributed by atoms with E-state index < -0.39 is 8.32 Å². The second-order valence-electron chi connectivity index (χ2n) is 13.5. The van der Waals surface area contributed by atoms with Crippen LogP contribution < -0.4 is 4.90 Å². The number of piperidine rings is 1. The second-order valence-corrected chi connectivity index (χ2v) is 19.4. The van der Waals surface area contributed by atoms with Crippen LogP contribution in [0.4, 0.5) is 5.69 Å². The molecule has 0 N–H and O–H groups in total. The second kappa shape index (κ2) is 13.5. The fourth-order valence-electron chi connectivity index (χ4n) is 5.79. The average molecular weight is 599 g/mol. The number of esters is 1. The SMILES string of the molecule is COC(=O)c1sc(-c2ccccc2)cc1N(C(=O)[C@H]1CC[C@H](C)CC1)C1CCN(CCO[Si](C)(C)C(C)(C)C)CC1. The van der Waals surface area contributed by atoms with Gasteiger partial charge in [-0.3, -0.25) is 4.79 Å². The molecule has 1 aliphatic carbocycles. The Morgan fingerprint density at radius 3 is 2.24 bits per heavy atom. The number of thiophene rings is 1. The predicted molar refractivity (Wildman–Crippen MR) is 172 cm³/mol. The highest BCUT2D eigenvalue weighted by Gasteiger charge is 2.39. The Morgan fingerprint density at radius 2 is 1.66 bits per heavy atom. The first-order valence-electron chi connectivity index (χ1n) is 15.4. The van der Waals surface area contributed by atoms with Crippen molar-refractivity contribution in [3.05, 3.63) is 41.3 Å². The Bertz CT molecular complexity index is 1160. The number of hydrogen-bond acceptors (Lipinski definition) is 6. The van der Waals surface area contributed by atoms with E-state index >= 15 is 0 Å². The summed E-state index contributed by atoms with van der Waals surface area (Å²) in [4.78, 5) is 33.4. The molecule has 1 saturated carbocycles. The number of amides is 1. The molecule has 226 valence electrons. The number of nitrogens with zero attached hydrogens (tertiary/aromatic N) is 2. The van der Waals surface area contributed by atoms with E-state index in [0.29, 0.717) is 10.8 Å². The monoisotopic (exact) mass is 598 g/mol. The van der Waals surface area contributed by atoms with E-state index in [1.54, 1.807) is 0 Å². The summed E-state index contributed by atoms with van der Waals surface area (Å²) < 4.78 is 11.7. The molecule has 0 atom stereocenters. The Morgan fingerprint density at radius 1 is 1.02 bits per heavy atom. The molecule has 0 bridgehead atoms. The molecule has 2 fully saturated rings. The highest BCUT2D eigenvalue weighted by Crippen LogP contribution is 2.41. The molecule has 1 aromatic heterocycles. The van der Waals surface area contributed by atoms with Crippen LogP contribution in [0.2, 0.25) is 18.1 Å². The van der Waals surface area contributed by atoms with Crippen LogP contribution in [0.1, 0.15) is 75.9 Å². The van der Waals surface area contributed by atoms with Crippen molar-refractivity contribution in [2.24, 2.45) is 11.8 Å². The van der Waals surface area contributed by atoms with E-state index in [9.17, 15) is 9.59 Å². The zero-order valence-corrected chi connectivity index (χ0v) is 28.0. The first kappa shape index (κ1) is 31.9. The van der Waals surface area contributed by atoms with Gasteiger partial charge < -0.3 is 19.0 Å². The molecule has 6 nitrogen and oxygen atoms in total. The largest absolute Gasteiger partial charge is 0.465 e. The maximum atomic E-state index is 14.3. The van der Waals surface area contributed by atoms with Gasteiger partial charge in [-0.25, -0.2) is 4.79 Å². The Labute approximate surface area is 252 Å². The van der Waals surface area contributed by atoms with Gasteiger partial charge in [-0.1, -0.05) is 58.0 Å². The summed E-state index contributed by atoms with van der Waals surface area (Å²) in [5.74, 6) is 0.482. The van der Waals surface area contributed by atoms with E-state index in [4.69, 9.17) is 9.16 Å². The smallest absolute Gasteiger partial charge is 0.350 e. The molecule has 1 aromatic carbocycles. The third-order valence-corrected chi connectivity index (χ3v) is 15.3. The Hall–Kier alpha value is -2.00. The maximum Gasteiger partial charge on any atom is 0.350 e. The van der Waals surface area contributed by atoms with Gasteiger partial charge in [-0.15, -0.1) is 11.3 Å². The van der Waals surface area contributed by atoms with Crippen molar-refractivity contribution in [1.29, 1.82) is 0 Å². The van der Waals surface area contributed by atoms with E-state index in [-0.39, 0.29) is 28.9 Å². The number of carbonyl (C=O) groups excluding carboxylic acids is 2. The van der Waals surface area contributed by atoms with Gasteiger partial charge in [0.2, 0.25) is 5.91 Å². The molecule has 41 heavy (non-hydrogen) atoms. The molecule has 2 heterocycles. The van der Waals surface area contributed by atoms with Gasteiger partial charge >= 0.3 is 5.97 Å². The predicted octanol–water partition coefficient (Wildman–Crippen LogP) is 7.85. The number of anilines is 1. The van der Waals surface area contributed by atoms with Crippen LogP contribution in [0.15, 0.2) is 36.4 Å². The summed E-state index contributed by atoms with van der Waals surface area (Å²) in [6.45, 7) is 17.2. The van der Waals surface area contributed by atoms with Crippen LogP contribution in [0, 0.1) is 11.8 Å². The van der Waals surface area contributed by atoms with Crippen molar-refractivity contribution >= 4 is 37.2 Å². The highest BCUT2D eigenvalue weighted by atomic mass is 32.1. The number of rotatable bonds is 9. The Balaban J connectivity index is 1.56. The minimum Gasteiger partial charge on any atom is -0.465 e. The summed E-state index contributed by atoms with van der Waals surface area (Å²) >= 11 is 1.43. The molecule has 2 aliphatic rings. The van der Waals surface area contributed by atoms with Crippen molar-refractivity contribution in [1.82, 2.24) is 4.90 Å². The van der Waals surface area contributed by atoms with Crippen molar-refractivity contribution in [2.75, 3.05) is 38.3 Å². The minimum absolute atomic E-state index is 0.00721. The first-order chi connectivity index (χ1) is 19.4. The zero-order chi connectivity index (χ0) is 29.8. The van der Waals surface area contributed by atoms with E-state index in [2.05, 4.69) is 63.9 Å². The first-order valence-corrected chi connectivity index (χ1v) is 19.1. The Kier molecular flexibility index (Phi) is 10.5. The number of benzene rings is 1. The van der Waals surface area contributed by atoms with Crippen LogP contribution in [0.3, 0.4) is 0 Å². The van der Waals surface area contributed by atoms with Crippen molar-refractivity contribution in [3.63, 3.8) is 0 Å². The third kappa shape index (κ3) is 7.69. The molecule has 0 radical (unpaired) electrons. The molecule has 0 unspecified atom stereocenters. The lowest BCUT2D eigenvalue weighted by atomic mass is 9.82. The third-order valence-electron chi connectivity index (χ3n) is 9.60. The molecule has 1 amide bonds. The fraction of sp³-hybridized carbons (Fsp3) is 0.636. The summed E-state index contributed by atoms with van der Waals surface area (Å²) in [5, 5.41) is 0.203. The van der Waals surface area contributed by atoms with Gasteiger partial charge in [-0.2, -0.15) is 0 Å². The van der Waals surface area contributed by atoms with Gasteiger partial charge in [0.05, 0.1) is 12.8 Å². The van der Waals surface area contributed by atoms with Gasteiger partial charge in [0.1, 0.15) is 4.88 Å². The number of likely N-dealkylation sites (tertiary alicyclic amines) is 1. The molecule has 1 aliphatic heterocycles. The highest BCUT2D eigenvalue weighted by molar-refractivity contribution is 7.18. The standard InChI is InChI=1S/C33H50N2O4SSi/c1-24-13-15-26(16-14-24)31(36)35(27-17-19-34(20-18-27)21-22-39-41(6,7)33(2,3)4)28-23-29(25-11-9-8-10-12-25)40-30(28)32(37)38-5/h8-12,23-24,26-27H,13-22H2,1-7H3/t24-,26-. The van der Waals surface area contributed by atoms with Crippen molar-refractivity contribution in [2.45, 2.75) is 90.4 Å². The van der Waals surface area contributed by atoms with Gasteiger partial charge in [0, 0.05) is 43.1 Å². The summed E-state index contributed by atoms with van der Waals surface area (Å²) in [6, 6.07) is 12.2. The molecule has 8 heteroatoms. The lowest BCUT2D eigenvalue weighted by Crippen LogP contribution is -2.51. The summed E-state index contributed by atoms with van der Waals surface area (Å²) in [5.41, 5.74) is 1.77. The normalized spacial score (nSPS) is 21.0. The average Bonchev–Trinajstić information content (AvgIpc) is 3.38. The molecule has 1 saturated heterocycles. The number of methoxy groups -OCH3 is 1. The maximum absolute atomic E-state index is 14.3. The fourth-order valence-corrected chi connectivity index (χ4v) is 7.90. The summed E-state index contributed by atoms with van der Waals surface area (Å²) in [7, 11) is -0.349. The number of ether oxygens (including phenoxy) is 1. The molecule has 2 aromatic rings. The van der Waals surface area contributed by atoms with Gasteiger partial charge in [0.25, 0.3) is 0 Å². The lowest BCUT2D eigenvalue weighted by molar-refractivity contribution is -0.124. The number of hydrogen-bond donors (Lipinski definition) is 0. The van der Waals surface area contributed by atoms with Gasteiger partial charge in [0.15, 0.2) is 8.32 Å². The molecular formula is C33H50N2O4SSi. The van der Waals surface area contributed by atoms with Crippen LogP contribution >= 0.6 is 11.3 Å². The quantitative estimate of drug-likeness (QED) is 0.217. The number of carbonyl (C=O) groups is 2. The van der Waals surface area contributed by atoms with Crippen molar-refractivity contribution < 1.29 is 18.8 Å². The zero-order valence-electron chi connectivity index (χ0n) is 26.2. The lowest BCUT2D eigenvalue weighted by Gasteiger charge is -2.41. The van der Waals surface area contributed by atoms with Gasteiger partial charge in [-0.05, 0) is 74.2 Å². The molecule has 4 rings (SSSR count). The van der Waals surface area contributed by atoms with Crippen LogP contribution in [-0.2, 0) is 14.0 Å². The van der Waals surface area contributed by atoms with Crippen LogP contribution in [-0.4, -0.2) is 64.5 Å². The topological polar surface area (TPSA) is 59.1 Å². The molecule has 0 spiro atoms. The minimum atomic E-state index is -1.77. The van der Waals surface area contributed by atoms with E-state index in [1.807, 2.05) is 23.1 Å². The summed E-state index contributed by atoms with van der Waals surface area (Å²) in [6.07, 6.45) is 5.77. The molecular weight excluding hydrogens is 549 g/mol. The van der Waals surface area contributed by atoms with E-state index in [0.717, 1.165) is 80.9 Å². The van der Waals surface area contributed by atoms with Crippen LogP contribution in [0.25, 0.3) is 10.4 Å².